The van der Waals surface area contributed by atoms with Crippen LogP contribution in [0, 0.1) is 5.92 Å². The number of carboxylic acid groups (broad SMARTS) is 2. The second-order valence-electron chi connectivity index (χ2n) is 2.26. The Morgan fingerprint density at radius 3 is 1.64 bits per heavy atom. The summed E-state index contributed by atoms with van der Waals surface area (Å²) >= 11 is 0. The van der Waals surface area contributed by atoms with E-state index in [0.29, 0.717) is 0 Å². The Hall–Kier alpha value is -0.320. The molecule has 0 aromatic heterocycles. The average Bonchev–Trinajstić information content (AvgIpc) is 1.58. The maximum Gasteiger partial charge on any atom is 0.0417 e. The number of hydrogen-bond donors (Lipinski definition) is 0. The van der Waals surface area contributed by atoms with Crippen LogP contribution in [-0.4, -0.2) is 11.9 Å². The summed E-state index contributed by atoms with van der Waals surface area (Å²) in [4.78, 5) is 19.7. The minimum atomic E-state index is -1.23. The Kier molecular flexibility index (Phi) is 7.72. The van der Waals surface area contributed by atoms with Crippen molar-refractivity contribution in [2.75, 3.05) is 0 Å². The fourth-order valence-corrected chi connectivity index (χ4v) is 0.641. The Morgan fingerprint density at radius 2 is 1.45 bits per heavy atom. The van der Waals surface area contributed by atoms with E-state index in [0.717, 1.165) is 0 Å². The molecule has 0 aromatic carbocycles. The Morgan fingerprint density at radius 1 is 1.18 bits per heavy atom. The van der Waals surface area contributed by atoms with Gasteiger partial charge in [-0.15, -0.1) is 0 Å². The van der Waals surface area contributed by atoms with E-state index < -0.39 is 17.9 Å². The second kappa shape index (κ2) is 6.39. The molecule has 1 radical (unpaired) electrons. The summed E-state index contributed by atoms with van der Waals surface area (Å²) in [7, 11) is 0. The van der Waals surface area contributed by atoms with Gasteiger partial charge < -0.3 is 19.8 Å². The third-order valence-electron chi connectivity index (χ3n) is 1.03. The SMILES string of the molecule is CC(CC(=O)[O-])CC(=O)[O-].[Ag]. The molecular weight excluding hydrogens is 244 g/mol. The summed E-state index contributed by atoms with van der Waals surface area (Å²) in [6.07, 6.45) is -0.456. The Bertz CT molecular complexity index is 130. The molecule has 0 aliphatic carbocycles. The van der Waals surface area contributed by atoms with Gasteiger partial charge in [0.25, 0.3) is 0 Å². The predicted molar refractivity (Wildman–Crippen MR) is 28.4 cm³/mol. The first-order valence-electron chi connectivity index (χ1n) is 2.92. The smallest absolute Gasteiger partial charge is 0.0417 e. The van der Waals surface area contributed by atoms with Crippen molar-refractivity contribution in [1.29, 1.82) is 0 Å². The maximum absolute atomic E-state index is 9.87. The van der Waals surface area contributed by atoms with E-state index in [9.17, 15) is 19.8 Å². The van der Waals surface area contributed by atoms with E-state index in [2.05, 4.69) is 0 Å². The predicted octanol–water partition coefficient (Wildman–Crippen LogP) is -2.10. The van der Waals surface area contributed by atoms with E-state index in [1.165, 1.54) is 6.92 Å². The number of hydrogen-bond acceptors (Lipinski definition) is 4. The maximum atomic E-state index is 9.87. The number of carbonyl (C=O) groups excluding carboxylic acids is 2. The molecule has 0 unspecified atom stereocenters. The topological polar surface area (TPSA) is 80.3 Å². The summed E-state index contributed by atoms with van der Waals surface area (Å²) < 4.78 is 0. The molecule has 0 aliphatic rings. The first-order chi connectivity index (χ1) is 4.52. The van der Waals surface area contributed by atoms with Crippen LogP contribution in [0.3, 0.4) is 0 Å². The van der Waals surface area contributed by atoms with Crippen LogP contribution in [0.1, 0.15) is 19.8 Å². The molecule has 69 valence electrons. The van der Waals surface area contributed by atoms with Crippen LogP contribution >= 0.6 is 0 Å². The van der Waals surface area contributed by atoms with Crippen molar-refractivity contribution in [1.82, 2.24) is 0 Å². The summed E-state index contributed by atoms with van der Waals surface area (Å²) in [6.45, 7) is 1.52. The van der Waals surface area contributed by atoms with Gasteiger partial charge in [-0.3, -0.25) is 0 Å². The monoisotopic (exact) mass is 251 g/mol. The van der Waals surface area contributed by atoms with Crippen molar-refractivity contribution >= 4 is 11.9 Å². The normalized spacial score (nSPS) is 8.91. The van der Waals surface area contributed by atoms with E-state index >= 15 is 0 Å². The van der Waals surface area contributed by atoms with Gasteiger partial charge in [0, 0.05) is 34.3 Å². The van der Waals surface area contributed by atoms with Crippen molar-refractivity contribution < 1.29 is 42.2 Å². The van der Waals surface area contributed by atoms with Gasteiger partial charge in [-0.1, -0.05) is 6.92 Å². The average molecular weight is 252 g/mol. The van der Waals surface area contributed by atoms with Gasteiger partial charge in [-0.2, -0.15) is 0 Å². The third kappa shape index (κ3) is 9.68. The first kappa shape index (κ1) is 13.3. The summed E-state index contributed by atoms with van der Waals surface area (Å²) in [5.74, 6) is -2.86. The summed E-state index contributed by atoms with van der Waals surface area (Å²) in [6, 6.07) is 0. The fourth-order valence-electron chi connectivity index (χ4n) is 0.641. The molecule has 0 N–H and O–H groups in total. The number of carboxylic acids is 2. The third-order valence-corrected chi connectivity index (χ3v) is 1.03. The zero-order valence-electron chi connectivity index (χ0n) is 5.93. The van der Waals surface area contributed by atoms with Gasteiger partial charge in [0.15, 0.2) is 0 Å². The minimum Gasteiger partial charge on any atom is -0.550 e. The zero-order chi connectivity index (χ0) is 8.15. The molecule has 0 saturated carbocycles. The molecule has 0 bridgehead atoms. The molecule has 0 fully saturated rings. The standard InChI is InChI=1S/C6H10O4.Ag/c1-4(2-5(7)8)3-6(9)10;/h4H,2-3H2,1H3,(H,7,8)(H,9,10);/p-2. The van der Waals surface area contributed by atoms with E-state index in [4.69, 9.17) is 0 Å². The molecular formula is C6H8AgO4-2. The van der Waals surface area contributed by atoms with Crippen molar-refractivity contribution in [2.45, 2.75) is 19.8 Å². The molecule has 0 spiro atoms. The quantitative estimate of drug-likeness (QED) is 0.537. The van der Waals surface area contributed by atoms with Crippen molar-refractivity contribution in [3.63, 3.8) is 0 Å². The Labute approximate surface area is 80.1 Å². The number of rotatable bonds is 4. The largest absolute Gasteiger partial charge is 0.550 e. The fraction of sp³-hybridized carbons (Fsp3) is 0.667. The van der Waals surface area contributed by atoms with Gasteiger partial charge in [0.2, 0.25) is 0 Å². The number of carbonyl (C=O) groups is 2. The van der Waals surface area contributed by atoms with Crippen LogP contribution in [-0.2, 0) is 32.0 Å². The molecule has 0 rings (SSSR count). The van der Waals surface area contributed by atoms with Crippen molar-refractivity contribution in [3.05, 3.63) is 0 Å². The second-order valence-corrected chi connectivity index (χ2v) is 2.26. The van der Waals surface area contributed by atoms with Gasteiger partial charge in [-0.25, -0.2) is 0 Å². The molecule has 11 heavy (non-hydrogen) atoms. The number of aliphatic carboxylic acids is 2. The summed E-state index contributed by atoms with van der Waals surface area (Å²) in [5.41, 5.74) is 0. The van der Waals surface area contributed by atoms with Crippen LogP contribution in [0.2, 0.25) is 0 Å². The molecule has 0 atom stereocenters. The molecule has 0 amide bonds. The van der Waals surface area contributed by atoms with Crippen molar-refractivity contribution in [2.24, 2.45) is 5.92 Å². The van der Waals surface area contributed by atoms with Gasteiger partial charge >= 0.3 is 0 Å². The van der Waals surface area contributed by atoms with Crippen LogP contribution in [0.5, 0.6) is 0 Å². The molecule has 0 heterocycles. The summed E-state index contributed by atoms with van der Waals surface area (Å²) in [5, 5.41) is 19.7. The van der Waals surface area contributed by atoms with Crippen LogP contribution < -0.4 is 10.2 Å². The van der Waals surface area contributed by atoms with Crippen molar-refractivity contribution in [3.8, 4) is 0 Å². The molecule has 0 saturated heterocycles. The van der Waals surface area contributed by atoms with Crippen LogP contribution in [0.15, 0.2) is 0 Å². The molecule has 5 heteroatoms. The Balaban J connectivity index is 0. The van der Waals surface area contributed by atoms with Gasteiger partial charge in [-0.05, 0) is 18.8 Å². The van der Waals surface area contributed by atoms with Gasteiger partial charge in [0.1, 0.15) is 0 Å². The van der Waals surface area contributed by atoms with E-state index in [1.807, 2.05) is 0 Å². The molecule has 0 aliphatic heterocycles. The molecule has 0 aromatic rings. The first-order valence-corrected chi connectivity index (χ1v) is 2.92. The van der Waals surface area contributed by atoms with Crippen LogP contribution in [0.25, 0.3) is 0 Å². The van der Waals surface area contributed by atoms with E-state index in [-0.39, 0.29) is 35.2 Å². The van der Waals surface area contributed by atoms with E-state index in [1.54, 1.807) is 0 Å². The minimum absolute atomic E-state index is 0. The van der Waals surface area contributed by atoms with Crippen LogP contribution in [0.4, 0.5) is 0 Å². The van der Waals surface area contributed by atoms with Gasteiger partial charge in [0.05, 0.1) is 0 Å². The zero-order valence-corrected chi connectivity index (χ0v) is 7.41. The molecule has 4 nitrogen and oxygen atoms in total.